The van der Waals surface area contributed by atoms with Crippen LogP contribution in [0.2, 0.25) is 5.02 Å². The van der Waals surface area contributed by atoms with Crippen LogP contribution in [0.3, 0.4) is 0 Å². The van der Waals surface area contributed by atoms with E-state index in [0.29, 0.717) is 0 Å². The highest BCUT2D eigenvalue weighted by Gasteiger charge is 2.12. The minimum atomic E-state index is -0.211. The largest absolute Gasteiger partial charge is 0.325 e. The first-order valence-corrected chi connectivity index (χ1v) is 5.40. The quantitative estimate of drug-likeness (QED) is 0.832. The third kappa shape index (κ3) is 4.06. The molecule has 1 rings (SSSR count). The van der Waals surface area contributed by atoms with Gasteiger partial charge in [0, 0.05) is 10.6 Å². The molecule has 0 aliphatic carbocycles. The summed E-state index contributed by atoms with van der Waals surface area (Å²) in [6.07, 6.45) is 0.813. The Balaban J connectivity index is 3.04. The Bertz CT molecular complexity index is 375. The number of benzene rings is 1. The standard InChI is InChI=1S/C13H18ClN/c1-9(2)11-5-10(6-12(14)7-11)8-13(3,4)15/h5-7H,1,8,15H2,2-4H3. The fourth-order valence-corrected chi connectivity index (χ4v) is 1.78. The van der Waals surface area contributed by atoms with Crippen LogP contribution in [0.5, 0.6) is 0 Å². The first-order valence-electron chi connectivity index (χ1n) is 5.02. The van der Waals surface area contributed by atoms with Gasteiger partial charge < -0.3 is 5.73 Å². The summed E-state index contributed by atoms with van der Waals surface area (Å²) in [5.74, 6) is 0. The van der Waals surface area contributed by atoms with Crippen molar-refractivity contribution >= 4 is 17.2 Å². The molecule has 0 saturated carbocycles. The van der Waals surface area contributed by atoms with E-state index < -0.39 is 0 Å². The van der Waals surface area contributed by atoms with Gasteiger partial charge in [-0.25, -0.2) is 0 Å². The molecule has 0 fully saturated rings. The smallest absolute Gasteiger partial charge is 0.0414 e. The molecule has 1 nitrogen and oxygen atoms in total. The van der Waals surface area contributed by atoms with Gasteiger partial charge in [0.05, 0.1) is 0 Å². The van der Waals surface area contributed by atoms with Gasteiger partial charge in [0.1, 0.15) is 0 Å². The predicted molar refractivity (Wildman–Crippen MR) is 68.1 cm³/mol. The zero-order valence-corrected chi connectivity index (χ0v) is 10.4. The fraction of sp³-hybridized carbons (Fsp3) is 0.385. The molecule has 0 heterocycles. The van der Waals surface area contributed by atoms with Crippen molar-refractivity contribution in [1.82, 2.24) is 0 Å². The molecule has 0 bridgehead atoms. The van der Waals surface area contributed by atoms with Gasteiger partial charge in [0.25, 0.3) is 0 Å². The third-order valence-electron chi connectivity index (χ3n) is 2.11. The molecule has 0 aliphatic heterocycles. The van der Waals surface area contributed by atoms with Crippen LogP contribution in [0.4, 0.5) is 0 Å². The van der Waals surface area contributed by atoms with Gasteiger partial charge in [-0.05, 0) is 50.5 Å². The van der Waals surface area contributed by atoms with Crippen molar-refractivity contribution in [2.75, 3.05) is 0 Å². The molecule has 15 heavy (non-hydrogen) atoms. The second-order valence-corrected chi connectivity index (χ2v) is 5.23. The average Bonchev–Trinajstić information content (AvgIpc) is 1.99. The first kappa shape index (κ1) is 12.3. The van der Waals surface area contributed by atoms with Crippen molar-refractivity contribution in [3.05, 3.63) is 40.9 Å². The Morgan fingerprint density at radius 3 is 2.47 bits per heavy atom. The van der Waals surface area contributed by atoms with Crippen molar-refractivity contribution in [2.24, 2.45) is 5.73 Å². The minimum absolute atomic E-state index is 0.211. The van der Waals surface area contributed by atoms with Crippen molar-refractivity contribution in [3.63, 3.8) is 0 Å². The fourth-order valence-electron chi connectivity index (χ4n) is 1.52. The molecular formula is C13H18ClN. The Morgan fingerprint density at radius 1 is 1.40 bits per heavy atom. The van der Waals surface area contributed by atoms with Crippen molar-refractivity contribution in [3.8, 4) is 0 Å². The van der Waals surface area contributed by atoms with Crippen LogP contribution in [0, 0.1) is 0 Å². The van der Waals surface area contributed by atoms with E-state index in [9.17, 15) is 0 Å². The van der Waals surface area contributed by atoms with Gasteiger partial charge >= 0.3 is 0 Å². The molecule has 0 amide bonds. The molecular weight excluding hydrogens is 206 g/mol. The van der Waals surface area contributed by atoms with E-state index >= 15 is 0 Å². The summed E-state index contributed by atoms with van der Waals surface area (Å²) >= 11 is 6.04. The van der Waals surface area contributed by atoms with Crippen molar-refractivity contribution < 1.29 is 0 Å². The molecule has 1 aromatic rings. The van der Waals surface area contributed by atoms with E-state index in [4.69, 9.17) is 17.3 Å². The molecule has 1 aromatic carbocycles. The van der Waals surface area contributed by atoms with Crippen LogP contribution in [0.25, 0.3) is 5.57 Å². The molecule has 0 spiro atoms. The monoisotopic (exact) mass is 223 g/mol. The summed E-state index contributed by atoms with van der Waals surface area (Å²) in [5, 5.41) is 0.745. The number of hydrogen-bond donors (Lipinski definition) is 1. The molecule has 2 heteroatoms. The lowest BCUT2D eigenvalue weighted by atomic mass is 9.94. The van der Waals surface area contributed by atoms with Gasteiger partial charge in [0.15, 0.2) is 0 Å². The minimum Gasteiger partial charge on any atom is -0.325 e. The van der Waals surface area contributed by atoms with Crippen molar-refractivity contribution in [1.29, 1.82) is 0 Å². The van der Waals surface area contributed by atoms with E-state index in [1.54, 1.807) is 0 Å². The number of hydrogen-bond acceptors (Lipinski definition) is 1. The number of rotatable bonds is 3. The molecule has 0 aromatic heterocycles. The highest BCUT2D eigenvalue weighted by Crippen LogP contribution is 2.22. The lowest BCUT2D eigenvalue weighted by molar-refractivity contribution is 0.517. The number of nitrogens with two attached hydrogens (primary N) is 1. The van der Waals surface area contributed by atoms with E-state index in [0.717, 1.165) is 28.1 Å². The number of halogens is 1. The van der Waals surface area contributed by atoms with E-state index in [2.05, 4.69) is 12.6 Å². The van der Waals surface area contributed by atoms with Crippen LogP contribution in [0.15, 0.2) is 24.8 Å². The molecule has 82 valence electrons. The summed E-state index contributed by atoms with van der Waals surface area (Å²) in [6.45, 7) is 9.91. The molecule has 0 unspecified atom stereocenters. The van der Waals surface area contributed by atoms with Crippen LogP contribution < -0.4 is 5.73 Å². The van der Waals surface area contributed by atoms with Gasteiger partial charge in [-0.2, -0.15) is 0 Å². The third-order valence-corrected chi connectivity index (χ3v) is 2.33. The predicted octanol–water partition coefficient (Wildman–Crippen LogP) is 3.65. The van der Waals surface area contributed by atoms with Crippen molar-refractivity contribution in [2.45, 2.75) is 32.7 Å². The number of allylic oxidation sites excluding steroid dienone is 1. The maximum Gasteiger partial charge on any atom is 0.0414 e. The summed E-state index contributed by atoms with van der Waals surface area (Å²) in [6, 6.07) is 5.99. The first-order chi connectivity index (χ1) is 6.78. The second kappa shape index (κ2) is 4.38. The van der Waals surface area contributed by atoms with Gasteiger partial charge in [-0.15, -0.1) is 0 Å². The van der Waals surface area contributed by atoms with Crippen LogP contribution in [-0.2, 0) is 6.42 Å². The summed E-state index contributed by atoms with van der Waals surface area (Å²) in [5.41, 5.74) is 9.03. The van der Waals surface area contributed by atoms with E-state index in [-0.39, 0.29) is 5.54 Å². The van der Waals surface area contributed by atoms with E-state index in [1.807, 2.05) is 32.9 Å². The molecule has 0 saturated heterocycles. The maximum atomic E-state index is 6.04. The lowest BCUT2D eigenvalue weighted by Gasteiger charge is -2.19. The highest BCUT2D eigenvalue weighted by molar-refractivity contribution is 6.30. The molecule has 0 radical (unpaired) electrons. The van der Waals surface area contributed by atoms with Gasteiger partial charge in [0.2, 0.25) is 0 Å². The lowest BCUT2D eigenvalue weighted by Crippen LogP contribution is -2.34. The van der Waals surface area contributed by atoms with Gasteiger partial charge in [-0.3, -0.25) is 0 Å². The molecule has 2 N–H and O–H groups in total. The van der Waals surface area contributed by atoms with E-state index in [1.165, 1.54) is 0 Å². The molecule has 0 aliphatic rings. The SMILES string of the molecule is C=C(C)c1cc(Cl)cc(CC(C)(C)N)c1. The molecule has 0 atom stereocenters. The zero-order chi connectivity index (χ0) is 11.6. The highest BCUT2D eigenvalue weighted by atomic mass is 35.5. The summed E-state index contributed by atoms with van der Waals surface area (Å²) < 4.78 is 0. The Kier molecular flexibility index (Phi) is 3.58. The Labute approximate surface area is 96.9 Å². The maximum absolute atomic E-state index is 6.04. The second-order valence-electron chi connectivity index (χ2n) is 4.79. The Morgan fingerprint density at radius 2 is 2.00 bits per heavy atom. The van der Waals surface area contributed by atoms with Crippen LogP contribution in [-0.4, -0.2) is 5.54 Å². The normalized spacial score (nSPS) is 11.5. The van der Waals surface area contributed by atoms with Gasteiger partial charge in [-0.1, -0.05) is 29.8 Å². The topological polar surface area (TPSA) is 26.0 Å². The zero-order valence-electron chi connectivity index (χ0n) is 9.60. The average molecular weight is 224 g/mol. The summed E-state index contributed by atoms with van der Waals surface area (Å²) in [7, 11) is 0. The van der Waals surface area contributed by atoms with Crippen LogP contribution in [0.1, 0.15) is 31.9 Å². The Hall–Kier alpha value is -0.790. The summed E-state index contributed by atoms with van der Waals surface area (Å²) in [4.78, 5) is 0. The van der Waals surface area contributed by atoms with Crippen LogP contribution >= 0.6 is 11.6 Å².